The van der Waals surface area contributed by atoms with E-state index in [-0.39, 0.29) is 17.6 Å². The van der Waals surface area contributed by atoms with E-state index in [2.05, 4.69) is 15.5 Å². The lowest BCUT2D eigenvalue weighted by Crippen LogP contribution is -2.09. The third-order valence-corrected chi connectivity index (χ3v) is 2.94. The molecule has 3 aromatic heterocycles. The molecule has 0 saturated carbocycles. The summed E-state index contributed by atoms with van der Waals surface area (Å²) >= 11 is 1.44. The lowest BCUT2D eigenvalue weighted by Gasteiger charge is -1.95. The number of aromatic nitrogens is 2. The fourth-order valence-corrected chi connectivity index (χ4v) is 1.96. The number of nitrogens with one attached hydrogen (secondary N) is 1. The molecule has 0 aliphatic heterocycles. The van der Waals surface area contributed by atoms with E-state index in [1.54, 1.807) is 24.4 Å². The number of hydrogen-bond donors (Lipinski definition) is 1. The zero-order valence-corrected chi connectivity index (χ0v) is 9.81. The standard InChI is InChI=1S/C11H7N3O3S/c15-10(8-2-1-4-16-8)13-9-6-7(14-17-9)11-12-3-5-18-11/h1-6H,(H,13,15). The molecule has 0 spiro atoms. The van der Waals surface area contributed by atoms with E-state index in [4.69, 9.17) is 8.94 Å². The lowest BCUT2D eigenvalue weighted by atomic mass is 10.4. The maximum Gasteiger partial charge on any atom is 0.293 e. The molecule has 3 aromatic rings. The summed E-state index contributed by atoms with van der Waals surface area (Å²) in [6.07, 6.45) is 3.10. The van der Waals surface area contributed by atoms with Crippen molar-refractivity contribution in [3.63, 3.8) is 0 Å². The van der Waals surface area contributed by atoms with Gasteiger partial charge in [-0.15, -0.1) is 11.3 Å². The summed E-state index contributed by atoms with van der Waals surface area (Å²) in [6.45, 7) is 0. The van der Waals surface area contributed by atoms with E-state index in [0.29, 0.717) is 5.69 Å². The van der Waals surface area contributed by atoms with Crippen molar-refractivity contribution in [1.29, 1.82) is 0 Å². The Hall–Kier alpha value is -2.41. The molecule has 90 valence electrons. The molecule has 1 N–H and O–H groups in total. The molecule has 3 rings (SSSR count). The molecule has 18 heavy (non-hydrogen) atoms. The highest BCUT2D eigenvalue weighted by Crippen LogP contribution is 2.23. The second-order valence-corrected chi connectivity index (χ2v) is 4.24. The van der Waals surface area contributed by atoms with Crippen LogP contribution in [0.3, 0.4) is 0 Å². The zero-order chi connectivity index (χ0) is 12.4. The van der Waals surface area contributed by atoms with Crippen LogP contribution in [0.2, 0.25) is 0 Å². The first kappa shape index (κ1) is 10.7. The van der Waals surface area contributed by atoms with Gasteiger partial charge in [0.1, 0.15) is 10.7 Å². The average Bonchev–Trinajstić information content (AvgIpc) is 3.12. The van der Waals surface area contributed by atoms with E-state index in [1.165, 1.54) is 17.6 Å². The van der Waals surface area contributed by atoms with Crippen molar-refractivity contribution in [2.75, 3.05) is 5.32 Å². The van der Waals surface area contributed by atoms with Crippen LogP contribution in [0.1, 0.15) is 10.6 Å². The van der Waals surface area contributed by atoms with Gasteiger partial charge in [-0.2, -0.15) is 0 Å². The van der Waals surface area contributed by atoms with Crippen molar-refractivity contribution < 1.29 is 13.7 Å². The van der Waals surface area contributed by atoms with Crippen LogP contribution < -0.4 is 5.32 Å². The molecule has 0 aliphatic rings. The Morgan fingerprint density at radius 3 is 3.11 bits per heavy atom. The minimum atomic E-state index is -0.387. The molecule has 0 atom stereocenters. The Balaban J connectivity index is 1.76. The largest absolute Gasteiger partial charge is 0.459 e. The Bertz CT molecular complexity index is 643. The Kier molecular flexibility index (Phi) is 2.66. The van der Waals surface area contributed by atoms with Gasteiger partial charge in [0.2, 0.25) is 5.88 Å². The predicted molar refractivity (Wildman–Crippen MR) is 64.3 cm³/mol. The van der Waals surface area contributed by atoms with Gasteiger partial charge < -0.3 is 8.94 Å². The summed E-state index contributed by atoms with van der Waals surface area (Å²) in [5.74, 6) is 0.0747. The van der Waals surface area contributed by atoms with Gasteiger partial charge in [-0.1, -0.05) is 5.16 Å². The first-order chi connectivity index (χ1) is 8.83. The number of carbonyl (C=O) groups is 1. The molecule has 6 nitrogen and oxygen atoms in total. The Morgan fingerprint density at radius 2 is 2.39 bits per heavy atom. The second-order valence-electron chi connectivity index (χ2n) is 3.35. The summed E-state index contributed by atoms with van der Waals surface area (Å²) < 4.78 is 9.96. The molecule has 0 radical (unpaired) electrons. The molecular formula is C11H7N3O3S. The number of carbonyl (C=O) groups excluding carboxylic acids is 1. The fourth-order valence-electron chi connectivity index (χ4n) is 1.37. The molecule has 7 heteroatoms. The van der Waals surface area contributed by atoms with Crippen LogP contribution in [0.25, 0.3) is 10.7 Å². The summed E-state index contributed by atoms with van der Waals surface area (Å²) in [6, 6.07) is 4.81. The van der Waals surface area contributed by atoms with Gasteiger partial charge >= 0.3 is 0 Å². The second kappa shape index (κ2) is 4.46. The topological polar surface area (TPSA) is 81.2 Å². The average molecular weight is 261 g/mol. The van der Waals surface area contributed by atoms with Crippen molar-refractivity contribution in [2.45, 2.75) is 0 Å². The highest BCUT2D eigenvalue weighted by molar-refractivity contribution is 7.13. The number of amides is 1. The summed E-state index contributed by atoms with van der Waals surface area (Å²) in [5, 5.41) is 8.93. The molecule has 0 aromatic carbocycles. The van der Waals surface area contributed by atoms with Gasteiger partial charge in [-0.05, 0) is 12.1 Å². The quantitative estimate of drug-likeness (QED) is 0.783. The highest BCUT2D eigenvalue weighted by atomic mass is 32.1. The first-order valence-electron chi connectivity index (χ1n) is 5.04. The van der Waals surface area contributed by atoms with Crippen LogP contribution in [-0.4, -0.2) is 16.0 Å². The Morgan fingerprint density at radius 1 is 1.44 bits per heavy atom. The number of furan rings is 1. The van der Waals surface area contributed by atoms with Crippen molar-refractivity contribution in [3.8, 4) is 10.7 Å². The van der Waals surface area contributed by atoms with Crippen LogP contribution >= 0.6 is 11.3 Å². The minimum absolute atomic E-state index is 0.210. The van der Waals surface area contributed by atoms with E-state index < -0.39 is 0 Å². The summed E-state index contributed by atoms with van der Waals surface area (Å²) in [4.78, 5) is 15.8. The molecule has 0 unspecified atom stereocenters. The third kappa shape index (κ3) is 2.03. The monoisotopic (exact) mass is 261 g/mol. The molecule has 1 amide bonds. The minimum Gasteiger partial charge on any atom is -0.459 e. The molecular weight excluding hydrogens is 254 g/mol. The number of nitrogens with zero attached hydrogens (tertiary/aromatic N) is 2. The van der Waals surface area contributed by atoms with E-state index in [1.807, 2.05) is 5.38 Å². The Labute approximate surface area is 105 Å². The van der Waals surface area contributed by atoms with E-state index in [0.717, 1.165) is 5.01 Å². The van der Waals surface area contributed by atoms with Gasteiger partial charge in [0.15, 0.2) is 5.76 Å². The number of rotatable bonds is 3. The molecule has 3 heterocycles. The maximum atomic E-state index is 11.7. The predicted octanol–water partition coefficient (Wildman–Crippen LogP) is 2.64. The van der Waals surface area contributed by atoms with Crippen molar-refractivity contribution >= 4 is 23.1 Å². The SMILES string of the molecule is O=C(Nc1cc(-c2nccs2)no1)c1ccco1. The molecule has 0 aliphatic carbocycles. The van der Waals surface area contributed by atoms with Gasteiger partial charge in [-0.25, -0.2) is 4.98 Å². The van der Waals surface area contributed by atoms with Crippen LogP contribution in [-0.2, 0) is 0 Å². The van der Waals surface area contributed by atoms with Gasteiger partial charge in [0.05, 0.1) is 6.26 Å². The number of hydrogen-bond acceptors (Lipinski definition) is 6. The first-order valence-corrected chi connectivity index (χ1v) is 5.92. The zero-order valence-electron chi connectivity index (χ0n) is 8.99. The van der Waals surface area contributed by atoms with Crippen molar-refractivity contribution in [3.05, 3.63) is 41.8 Å². The fraction of sp³-hybridized carbons (Fsp3) is 0. The third-order valence-electron chi connectivity index (χ3n) is 2.14. The number of anilines is 1. The molecule has 0 saturated heterocycles. The van der Waals surface area contributed by atoms with Crippen LogP contribution in [0.4, 0.5) is 5.88 Å². The molecule has 0 bridgehead atoms. The van der Waals surface area contributed by atoms with E-state index in [9.17, 15) is 4.79 Å². The summed E-state index contributed by atoms with van der Waals surface area (Å²) in [7, 11) is 0. The summed E-state index contributed by atoms with van der Waals surface area (Å²) in [5.41, 5.74) is 0.583. The van der Waals surface area contributed by atoms with Crippen LogP contribution in [0, 0.1) is 0 Å². The van der Waals surface area contributed by atoms with Gasteiger partial charge in [-0.3, -0.25) is 10.1 Å². The van der Waals surface area contributed by atoms with Crippen molar-refractivity contribution in [2.24, 2.45) is 0 Å². The van der Waals surface area contributed by atoms with E-state index >= 15 is 0 Å². The van der Waals surface area contributed by atoms with Gasteiger partial charge in [0.25, 0.3) is 5.91 Å². The normalized spacial score (nSPS) is 10.4. The smallest absolute Gasteiger partial charge is 0.293 e. The van der Waals surface area contributed by atoms with Gasteiger partial charge in [0, 0.05) is 17.6 Å². The number of thiazole rings is 1. The highest BCUT2D eigenvalue weighted by Gasteiger charge is 2.13. The van der Waals surface area contributed by atoms with Crippen LogP contribution in [0.15, 0.2) is 45.0 Å². The maximum absolute atomic E-state index is 11.7. The van der Waals surface area contributed by atoms with Crippen LogP contribution in [0.5, 0.6) is 0 Å². The van der Waals surface area contributed by atoms with Crippen molar-refractivity contribution in [1.82, 2.24) is 10.1 Å². The lowest BCUT2D eigenvalue weighted by molar-refractivity contribution is 0.0993. The molecule has 0 fully saturated rings.